The minimum atomic E-state index is -0.107. The maximum absolute atomic E-state index is 11.4. The summed E-state index contributed by atoms with van der Waals surface area (Å²) in [5.74, 6) is 1.17. The molecule has 1 heterocycles. The van der Waals surface area contributed by atoms with Gasteiger partial charge in [0, 0.05) is 37.5 Å². The Morgan fingerprint density at radius 1 is 1.33 bits per heavy atom. The van der Waals surface area contributed by atoms with Gasteiger partial charge in [-0.2, -0.15) is 0 Å². The van der Waals surface area contributed by atoms with Crippen LogP contribution in [0.25, 0.3) is 0 Å². The second-order valence-corrected chi connectivity index (χ2v) is 6.57. The van der Waals surface area contributed by atoms with Crippen LogP contribution in [0.1, 0.15) is 38.8 Å². The topological polar surface area (TPSA) is 50.4 Å². The molecule has 1 aromatic carbocycles. The molecule has 116 valence electrons. The van der Waals surface area contributed by atoms with Crippen LogP contribution in [0.3, 0.4) is 0 Å². The van der Waals surface area contributed by atoms with Gasteiger partial charge in [0.15, 0.2) is 0 Å². The number of para-hydroxylation sites is 1. The molecule has 0 aliphatic carbocycles. The molecule has 0 bridgehead atoms. The molecule has 2 rings (SSSR count). The largest absolute Gasteiger partial charge is 0.487 e. The lowest BCUT2D eigenvalue weighted by Crippen LogP contribution is -2.34. The Hall–Kier alpha value is -1.55. The van der Waals surface area contributed by atoms with Gasteiger partial charge in [0.2, 0.25) is 5.91 Å². The van der Waals surface area contributed by atoms with Crippen LogP contribution in [0, 0.1) is 5.92 Å². The average Bonchev–Trinajstić information content (AvgIpc) is 2.72. The zero-order chi connectivity index (χ0) is 15.5. The molecule has 1 amide bonds. The molecule has 21 heavy (non-hydrogen) atoms. The highest BCUT2D eigenvalue weighted by Crippen LogP contribution is 2.37. The molecule has 0 spiro atoms. The number of amides is 1. The second-order valence-electron chi connectivity index (χ2n) is 6.57. The van der Waals surface area contributed by atoms with Crippen LogP contribution in [0.2, 0.25) is 0 Å². The maximum atomic E-state index is 11.4. The molecule has 0 saturated heterocycles. The van der Waals surface area contributed by atoms with E-state index in [2.05, 4.69) is 42.7 Å². The molecule has 2 N–H and O–H groups in total. The molecule has 0 aromatic heterocycles. The van der Waals surface area contributed by atoms with Crippen LogP contribution in [0.5, 0.6) is 5.75 Å². The minimum absolute atomic E-state index is 0.0398. The molecule has 4 nitrogen and oxygen atoms in total. The lowest BCUT2D eigenvalue weighted by atomic mass is 10.0. The number of benzene rings is 1. The minimum Gasteiger partial charge on any atom is -0.487 e. The molecule has 0 unspecified atom stereocenters. The summed E-state index contributed by atoms with van der Waals surface area (Å²) in [5.41, 5.74) is 2.37. The van der Waals surface area contributed by atoms with Gasteiger partial charge >= 0.3 is 0 Å². The highest BCUT2D eigenvalue weighted by atomic mass is 16.5. The monoisotopic (exact) mass is 290 g/mol. The zero-order valence-corrected chi connectivity index (χ0v) is 13.5. The summed E-state index contributed by atoms with van der Waals surface area (Å²) < 4.78 is 6.04. The third-order valence-electron chi connectivity index (χ3n) is 3.61. The van der Waals surface area contributed by atoms with Gasteiger partial charge < -0.3 is 15.4 Å². The summed E-state index contributed by atoms with van der Waals surface area (Å²) in [7, 11) is 0. The number of hydrogen-bond acceptors (Lipinski definition) is 3. The number of nitrogens with one attached hydrogen (secondary N) is 2. The zero-order valence-electron chi connectivity index (χ0n) is 13.5. The Morgan fingerprint density at radius 2 is 2.10 bits per heavy atom. The van der Waals surface area contributed by atoms with E-state index in [0.717, 1.165) is 25.3 Å². The Labute approximate surface area is 127 Å². The van der Waals surface area contributed by atoms with E-state index in [1.54, 1.807) is 0 Å². The summed E-state index contributed by atoms with van der Waals surface area (Å²) in [5, 5.41) is 6.26. The first-order valence-corrected chi connectivity index (χ1v) is 7.67. The summed E-state index contributed by atoms with van der Waals surface area (Å²) in [6.45, 7) is 10.2. The molecule has 1 aliphatic heterocycles. The molecule has 1 aliphatic rings. The quantitative estimate of drug-likeness (QED) is 0.790. The van der Waals surface area contributed by atoms with Crippen molar-refractivity contribution in [2.75, 3.05) is 13.1 Å². The number of carbonyl (C=O) groups is 1. The van der Waals surface area contributed by atoms with Crippen molar-refractivity contribution in [3.63, 3.8) is 0 Å². The first kappa shape index (κ1) is 15.8. The summed E-state index contributed by atoms with van der Waals surface area (Å²) in [4.78, 5) is 11.4. The molecule has 1 aromatic rings. The predicted molar refractivity (Wildman–Crippen MR) is 84.4 cm³/mol. The predicted octanol–water partition coefficient (Wildman–Crippen LogP) is 2.26. The van der Waals surface area contributed by atoms with E-state index in [1.165, 1.54) is 11.1 Å². The molecule has 0 fully saturated rings. The molecule has 0 radical (unpaired) electrons. The SMILES string of the molecule is CC(C)C(=O)NCCNCc1cccc2c1OC(C)(C)C2. The Balaban J connectivity index is 1.81. The van der Waals surface area contributed by atoms with Gasteiger partial charge in [-0.15, -0.1) is 0 Å². The Morgan fingerprint density at radius 3 is 2.81 bits per heavy atom. The van der Waals surface area contributed by atoms with Gasteiger partial charge in [-0.25, -0.2) is 0 Å². The first-order valence-electron chi connectivity index (χ1n) is 7.67. The van der Waals surface area contributed by atoms with E-state index in [9.17, 15) is 4.79 Å². The van der Waals surface area contributed by atoms with Crippen molar-refractivity contribution >= 4 is 5.91 Å². The molecule has 0 saturated carbocycles. The first-order chi connectivity index (χ1) is 9.89. The molecular formula is C17H26N2O2. The fourth-order valence-electron chi connectivity index (χ4n) is 2.52. The summed E-state index contributed by atoms with van der Waals surface area (Å²) in [6.07, 6.45) is 0.959. The normalized spacial score (nSPS) is 15.7. The fourth-order valence-corrected chi connectivity index (χ4v) is 2.52. The lowest BCUT2D eigenvalue weighted by Gasteiger charge is -2.18. The number of fused-ring (bicyclic) bond motifs is 1. The van der Waals surface area contributed by atoms with Gasteiger partial charge in [0.1, 0.15) is 11.4 Å². The van der Waals surface area contributed by atoms with Crippen LogP contribution >= 0.6 is 0 Å². The number of hydrogen-bond donors (Lipinski definition) is 2. The number of carbonyl (C=O) groups excluding carboxylic acids is 1. The number of rotatable bonds is 6. The standard InChI is InChI=1S/C17H26N2O2/c1-12(2)16(20)19-9-8-18-11-14-7-5-6-13-10-17(3,4)21-15(13)14/h5-7,12,18H,8-11H2,1-4H3,(H,19,20). The third-order valence-corrected chi connectivity index (χ3v) is 3.61. The van der Waals surface area contributed by atoms with Crippen molar-refractivity contribution in [3.8, 4) is 5.75 Å². The van der Waals surface area contributed by atoms with Gasteiger partial charge in [-0.1, -0.05) is 32.0 Å². The van der Waals surface area contributed by atoms with Gasteiger partial charge in [-0.3, -0.25) is 4.79 Å². The summed E-state index contributed by atoms with van der Waals surface area (Å²) in [6, 6.07) is 6.32. The van der Waals surface area contributed by atoms with Crippen molar-refractivity contribution in [3.05, 3.63) is 29.3 Å². The lowest BCUT2D eigenvalue weighted by molar-refractivity contribution is -0.123. The van der Waals surface area contributed by atoms with Gasteiger partial charge in [0.05, 0.1) is 0 Å². The van der Waals surface area contributed by atoms with E-state index in [-0.39, 0.29) is 17.4 Å². The smallest absolute Gasteiger partial charge is 0.222 e. The van der Waals surface area contributed by atoms with E-state index in [1.807, 2.05) is 13.8 Å². The van der Waals surface area contributed by atoms with E-state index in [4.69, 9.17) is 4.74 Å². The van der Waals surface area contributed by atoms with Gasteiger partial charge in [-0.05, 0) is 19.4 Å². The maximum Gasteiger partial charge on any atom is 0.222 e. The third kappa shape index (κ3) is 4.21. The van der Waals surface area contributed by atoms with Crippen molar-refractivity contribution in [2.45, 2.75) is 46.3 Å². The van der Waals surface area contributed by atoms with Crippen LogP contribution in [0.15, 0.2) is 18.2 Å². The molecular weight excluding hydrogens is 264 g/mol. The van der Waals surface area contributed by atoms with Crippen molar-refractivity contribution in [1.82, 2.24) is 10.6 Å². The summed E-state index contributed by atoms with van der Waals surface area (Å²) >= 11 is 0. The van der Waals surface area contributed by atoms with E-state index < -0.39 is 0 Å². The van der Waals surface area contributed by atoms with Crippen LogP contribution in [-0.2, 0) is 17.8 Å². The second kappa shape index (κ2) is 6.48. The highest BCUT2D eigenvalue weighted by molar-refractivity contribution is 5.77. The van der Waals surface area contributed by atoms with E-state index >= 15 is 0 Å². The van der Waals surface area contributed by atoms with Crippen molar-refractivity contribution in [2.24, 2.45) is 5.92 Å². The Bertz CT molecular complexity index is 510. The fraction of sp³-hybridized carbons (Fsp3) is 0.588. The van der Waals surface area contributed by atoms with Crippen LogP contribution in [-0.4, -0.2) is 24.6 Å². The average molecular weight is 290 g/mol. The van der Waals surface area contributed by atoms with Crippen molar-refractivity contribution in [1.29, 1.82) is 0 Å². The van der Waals surface area contributed by atoms with Crippen LogP contribution < -0.4 is 15.4 Å². The molecule has 4 heteroatoms. The van der Waals surface area contributed by atoms with Crippen molar-refractivity contribution < 1.29 is 9.53 Å². The highest BCUT2D eigenvalue weighted by Gasteiger charge is 2.31. The Kier molecular flexibility index (Phi) is 4.88. The number of ether oxygens (including phenoxy) is 1. The molecule has 0 atom stereocenters. The van der Waals surface area contributed by atoms with Crippen LogP contribution in [0.4, 0.5) is 0 Å². The van der Waals surface area contributed by atoms with Gasteiger partial charge in [0.25, 0.3) is 0 Å². The van der Waals surface area contributed by atoms with E-state index in [0.29, 0.717) is 6.54 Å².